The van der Waals surface area contributed by atoms with E-state index in [2.05, 4.69) is 35.0 Å². The first-order valence-electron chi connectivity index (χ1n) is 7.40. The first-order chi connectivity index (χ1) is 10.1. The topological polar surface area (TPSA) is 36.4 Å². The van der Waals surface area contributed by atoms with E-state index in [4.69, 9.17) is 0 Å². The van der Waals surface area contributed by atoms with Crippen LogP contribution in [-0.4, -0.2) is 35.1 Å². The van der Waals surface area contributed by atoms with E-state index >= 15 is 0 Å². The fraction of sp³-hybridized carbons (Fsp3) is 0.389. The number of aryl methyl sites for hydroxylation is 2. The number of aliphatic hydroxyl groups excluding tert-OH is 1. The molecule has 1 unspecified atom stereocenters. The van der Waals surface area contributed by atoms with Gasteiger partial charge in [-0.15, -0.1) is 0 Å². The summed E-state index contributed by atoms with van der Waals surface area (Å²) in [5.41, 5.74) is 4.45. The van der Waals surface area contributed by atoms with Gasteiger partial charge in [-0.3, -0.25) is 4.98 Å². The van der Waals surface area contributed by atoms with E-state index in [9.17, 15) is 5.11 Å². The molecule has 0 radical (unpaired) electrons. The summed E-state index contributed by atoms with van der Waals surface area (Å²) in [5.74, 6) is 0. The van der Waals surface area contributed by atoms with E-state index < -0.39 is 6.10 Å². The highest BCUT2D eigenvalue weighted by molar-refractivity contribution is 5.32. The summed E-state index contributed by atoms with van der Waals surface area (Å²) in [7, 11) is 2.04. The van der Waals surface area contributed by atoms with Crippen molar-refractivity contribution >= 4 is 0 Å². The van der Waals surface area contributed by atoms with Gasteiger partial charge in [-0.1, -0.05) is 29.8 Å². The predicted octanol–water partition coefficient (Wildman–Crippen LogP) is 2.91. The number of rotatable bonds is 6. The van der Waals surface area contributed by atoms with E-state index in [1.807, 2.05) is 38.4 Å². The third-order valence-corrected chi connectivity index (χ3v) is 3.75. The number of pyridine rings is 1. The number of aliphatic hydroxyl groups is 1. The smallest absolute Gasteiger partial charge is 0.0919 e. The molecule has 2 rings (SSSR count). The predicted molar refractivity (Wildman–Crippen MR) is 86.3 cm³/mol. The number of nitrogens with zero attached hydrogens (tertiary/aromatic N) is 2. The molecule has 3 heteroatoms. The van der Waals surface area contributed by atoms with E-state index in [0.717, 1.165) is 29.8 Å². The van der Waals surface area contributed by atoms with E-state index in [0.29, 0.717) is 6.54 Å². The quantitative estimate of drug-likeness (QED) is 0.886. The van der Waals surface area contributed by atoms with Crippen molar-refractivity contribution < 1.29 is 5.11 Å². The number of likely N-dealkylation sites (N-methyl/N-ethyl adjacent to an activating group) is 1. The molecule has 0 aliphatic heterocycles. The lowest BCUT2D eigenvalue weighted by Gasteiger charge is -2.22. The molecule has 0 bridgehead atoms. The molecule has 0 fully saturated rings. The maximum Gasteiger partial charge on any atom is 0.0919 e. The van der Waals surface area contributed by atoms with Gasteiger partial charge in [-0.25, -0.2) is 0 Å². The minimum atomic E-state index is -0.446. The van der Waals surface area contributed by atoms with Crippen molar-refractivity contribution in [1.29, 1.82) is 0 Å². The SMILES string of the molecule is Cc1ccc(C)c(C(O)CN(C)CCc2ccccn2)c1. The van der Waals surface area contributed by atoms with Crippen LogP contribution in [0.5, 0.6) is 0 Å². The molecule has 3 nitrogen and oxygen atoms in total. The van der Waals surface area contributed by atoms with E-state index in [-0.39, 0.29) is 0 Å². The van der Waals surface area contributed by atoms with Crippen LogP contribution in [0.3, 0.4) is 0 Å². The Kier molecular flexibility index (Phi) is 5.48. The lowest BCUT2D eigenvalue weighted by molar-refractivity contribution is 0.126. The second kappa shape index (κ2) is 7.34. The summed E-state index contributed by atoms with van der Waals surface area (Å²) in [5, 5.41) is 10.4. The highest BCUT2D eigenvalue weighted by atomic mass is 16.3. The van der Waals surface area contributed by atoms with Crippen LogP contribution < -0.4 is 0 Å². The van der Waals surface area contributed by atoms with Crippen molar-refractivity contribution in [3.8, 4) is 0 Å². The van der Waals surface area contributed by atoms with Gasteiger partial charge in [0, 0.05) is 31.4 Å². The zero-order chi connectivity index (χ0) is 15.2. The van der Waals surface area contributed by atoms with E-state index in [1.165, 1.54) is 5.56 Å². The molecule has 1 N–H and O–H groups in total. The minimum absolute atomic E-state index is 0.446. The Morgan fingerprint density at radius 3 is 2.71 bits per heavy atom. The summed E-state index contributed by atoms with van der Waals surface area (Å²) in [4.78, 5) is 6.48. The highest BCUT2D eigenvalue weighted by Crippen LogP contribution is 2.19. The molecule has 1 aromatic heterocycles. The van der Waals surface area contributed by atoms with Crippen LogP contribution in [0, 0.1) is 13.8 Å². The summed E-state index contributed by atoms with van der Waals surface area (Å²) < 4.78 is 0. The Bertz CT molecular complexity index is 569. The zero-order valence-corrected chi connectivity index (χ0v) is 13.1. The fourth-order valence-electron chi connectivity index (χ4n) is 2.46. The molecule has 0 amide bonds. The second-order valence-corrected chi connectivity index (χ2v) is 5.71. The molecule has 0 spiro atoms. The first kappa shape index (κ1) is 15.7. The van der Waals surface area contributed by atoms with Crippen molar-refractivity contribution in [2.75, 3.05) is 20.1 Å². The van der Waals surface area contributed by atoms with Crippen molar-refractivity contribution in [2.45, 2.75) is 26.4 Å². The van der Waals surface area contributed by atoms with Gasteiger partial charge in [0.25, 0.3) is 0 Å². The Labute approximate surface area is 127 Å². The lowest BCUT2D eigenvalue weighted by atomic mass is 10.0. The van der Waals surface area contributed by atoms with Crippen molar-refractivity contribution in [2.24, 2.45) is 0 Å². The normalized spacial score (nSPS) is 12.6. The van der Waals surface area contributed by atoms with Gasteiger partial charge < -0.3 is 10.0 Å². The van der Waals surface area contributed by atoms with Gasteiger partial charge in [0.05, 0.1) is 6.10 Å². The number of aromatic nitrogens is 1. The maximum absolute atomic E-state index is 10.4. The first-order valence-corrected chi connectivity index (χ1v) is 7.40. The third-order valence-electron chi connectivity index (χ3n) is 3.75. The Morgan fingerprint density at radius 1 is 1.19 bits per heavy atom. The van der Waals surface area contributed by atoms with Crippen LogP contribution in [0.2, 0.25) is 0 Å². The molecule has 1 aromatic carbocycles. The van der Waals surface area contributed by atoms with Crippen LogP contribution in [0.1, 0.15) is 28.5 Å². The second-order valence-electron chi connectivity index (χ2n) is 5.71. The van der Waals surface area contributed by atoms with Crippen molar-refractivity contribution in [1.82, 2.24) is 9.88 Å². The van der Waals surface area contributed by atoms with Crippen LogP contribution >= 0.6 is 0 Å². The van der Waals surface area contributed by atoms with Gasteiger partial charge in [-0.2, -0.15) is 0 Å². The monoisotopic (exact) mass is 284 g/mol. The van der Waals surface area contributed by atoms with Crippen LogP contribution in [0.25, 0.3) is 0 Å². The molecule has 112 valence electrons. The minimum Gasteiger partial charge on any atom is -0.387 e. The van der Waals surface area contributed by atoms with Crippen molar-refractivity contribution in [3.63, 3.8) is 0 Å². The van der Waals surface area contributed by atoms with Crippen LogP contribution in [-0.2, 0) is 6.42 Å². The van der Waals surface area contributed by atoms with Gasteiger partial charge in [0.15, 0.2) is 0 Å². The molecule has 0 saturated carbocycles. The molecule has 1 heterocycles. The summed E-state index contributed by atoms with van der Waals surface area (Å²) >= 11 is 0. The summed E-state index contributed by atoms with van der Waals surface area (Å²) in [6.07, 6.45) is 2.27. The Balaban J connectivity index is 1.90. The molecular weight excluding hydrogens is 260 g/mol. The zero-order valence-electron chi connectivity index (χ0n) is 13.1. The number of benzene rings is 1. The molecule has 21 heavy (non-hydrogen) atoms. The lowest BCUT2D eigenvalue weighted by Crippen LogP contribution is -2.27. The number of hydrogen-bond acceptors (Lipinski definition) is 3. The highest BCUT2D eigenvalue weighted by Gasteiger charge is 2.13. The van der Waals surface area contributed by atoms with Gasteiger partial charge >= 0.3 is 0 Å². The van der Waals surface area contributed by atoms with Crippen LogP contribution in [0.4, 0.5) is 0 Å². The third kappa shape index (κ3) is 4.66. The molecule has 0 aliphatic rings. The Morgan fingerprint density at radius 2 is 2.00 bits per heavy atom. The summed E-state index contributed by atoms with van der Waals surface area (Å²) in [6.45, 7) is 5.63. The van der Waals surface area contributed by atoms with Gasteiger partial charge in [-0.05, 0) is 44.2 Å². The molecule has 1 atom stereocenters. The van der Waals surface area contributed by atoms with E-state index in [1.54, 1.807) is 0 Å². The number of hydrogen-bond donors (Lipinski definition) is 1. The van der Waals surface area contributed by atoms with Crippen LogP contribution in [0.15, 0.2) is 42.6 Å². The molecular formula is C18H24N2O. The average Bonchev–Trinajstić information content (AvgIpc) is 2.48. The maximum atomic E-state index is 10.4. The Hall–Kier alpha value is -1.71. The molecule has 2 aromatic rings. The van der Waals surface area contributed by atoms with Gasteiger partial charge in [0.2, 0.25) is 0 Å². The molecule has 0 saturated heterocycles. The largest absolute Gasteiger partial charge is 0.387 e. The fourth-order valence-corrected chi connectivity index (χ4v) is 2.46. The van der Waals surface area contributed by atoms with Crippen molar-refractivity contribution in [3.05, 3.63) is 65.0 Å². The van der Waals surface area contributed by atoms with Gasteiger partial charge in [0.1, 0.15) is 0 Å². The standard InChI is InChI=1S/C18H24N2O/c1-14-7-8-15(2)17(12-14)18(21)13-20(3)11-9-16-6-4-5-10-19-16/h4-8,10,12,18,21H,9,11,13H2,1-3H3. The average molecular weight is 284 g/mol. The molecule has 0 aliphatic carbocycles. The summed E-state index contributed by atoms with van der Waals surface area (Å²) in [6, 6.07) is 12.2.